The van der Waals surface area contributed by atoms with Crippen molar-refractivity contribution < 1.29 is 8.78 Å². The van der Waals surface area contributed by atoms with E-state index in [0.29, 0.717) is 5.69 Å². The summed E-state index contributed by atoms with van der Waals surface area (Å²) in [7, 11) is 0. The number of hydrogen-bond acceptors (Lipinski definition) is 1. The maximum atomic E-state index is 13.5. The van der Waals surface area contributed by atoms with E-state index in [1.165, 1.54) is 18.2 Å². The SMILES string of the molecule is Cl.NC(=NCc1c(F)cccc1F)c1cc2ccccc2[nH]1. The van der Waals surface area contributed by atoms with Crippen molar-refractivity contribution in [3.8, 4) is 0 Å². The van der Waals surface area contributed by atoms with E-state index < -0.39 is 11.6 Å². The molecule has 3 nitrogen and oxygen atoms in total. The molecule has 0 saturated carbocycles. The number of rotatable bonds is 3. The number of benzene rings is 2. The van der Waals surface area contributed by atoms with Crippen molar-refractivity contribution in [2.75, 3.05) is 0 Å². The fourth-order valence-electron chi connectivity index (χ4n) is 2.14. The summed E-state index contributed by atoms with van der Waals surface area (Å²) in [5.74, 6) is -1.03. The van der Waals surface area contributed by atoms with Gasteiger partial charge in [0.1, 0.15) is 17.5 Å². The third-order valence-electron chi connectivity index (χ3n) is 3.28. The molecule has 3 aromatic rings. The summed E-state index contributed by atoms with van der Waals surface area (Å²) in [5, 5.41) is 1.00. The molecule has 0 saturated heterocycles. The van der Waals surface area contributed by atoms with Crippen LogP contribution in [0.25, 0.3) is 10.9 Å². The topological polar surface area (TPSA) is 54.2 Å². The minimum atomic E-state index is -0.622. The van der Waals surface area contributed by atoms with Gasteiger partial charge in [0.05, 0.1) is 12.2 Å². The Morgan fingerprint density at radius 2 is 1.73 bits per heavy atom. The molecule has 3 rings (SSSR count). The predicted octanol–water partition coefficient (Wildman–Crippen LogP) is 3.77. The van der Waals surface area contributed by atoms with Crippen LogP contribution in [-0.4, -0.2) is 10.8 Å². The number of nitrogens with one attached hydrogen (secondary N) is 1. The predicted molar refractivity (Wildman–Crippen MR) is 86.3 cm³/mol. The van der Waals surface area contributed by atoms with Gasteiger partial charge in [-0.05, 0) is 24.3 Å². The quantitative estimate of drug-likeness (QED) is 0.560. The van der Waals surface area contributed by atoms with Crippen LogP contribution in [0.15, 0.2) is 53.5 Å². The second-order valence-electron chi connectivity index (χ2n) is 4.67. The fraction of sp³-hybridized carbons (Fsp3) is 0.0625. The number of nitrogens with two attached hydrogens (primary N) is 1. The number of hydrogen-bond donors (Lipinski definition) is 2. The van der Waals surface area contributed by atoms with E-state index in [2.05, 4.69) is 9.98 Å². The minimum Gasteiger partial charge on any atom is -0.382 e. The average Bonchev–Trinajstić information content (AvgIpc) is 2.90. The van der Waals surface area contributed by atoms with Crippen LogP contribution in [0.5, 0.6) is 0 Å². The van der Waals surface area contributed by atoms with Crippen LogP contribution < -0.4 is 5.73 Å². The van der Waals surface area contributed by atoms with E-state index in [9.17, 15) is 8.78 Å². The number of aromatic amines is 1. The first-order chi connectivity index (χ1) is 10.1. The molecule has 114 valence electrons. The molecule has 0 radical (unpaired) electrons. The molecule has 2 aromatic carbocycles. The van der Waals surface area contributed by atoms with Crippen molar-refractivity contribution in [1.29, 1.82) is 0 Å². The number of para-hydroxylation sites is 1. The van der Waals surface area contributed by atoms with Crippen molar-refractivity contribution in [1.82, 2.24) is 4.98 Å². The van der Waals surface area contributed by atoms with E-state index in [1.807, 2.05) is 30.3 Å². The molecule has 0 atom stereocenters. The van der Waals surface area contributed by atoms with Gasteiger partial charge in [-0.1, -0.05) is 24.3 Å². The number of amidine groups is 1. The van der Waals surface area contributed by atoms with Gasteiger partial charge in [-0.3, -0.25) is 4.99 Å². The number of aliphatic imine (C=N–C) groups is 1. The second-order valence-corrected chi connectivity index (χ2v) is 4.67. The molecular weight excluding hydrogens is 308 g/mol. The van der Waals surface area contributed by atoms with Crippen LogP contribution in [-0.2, 0) is 6.54 Å². The lowest BCUT2D eigenvalue weighted by Crippen LogP contribution is -2.14. The van der Waals surface area contributed by atoms with Crippen LogP contribution in [0, 0.1) is 11.6 Å². The fourth-order valence-corrected chi connectivity index (χ4v) is 2.14. The van der Waals surface area contributed by atoms with Crippen molar-refractivity contribution >= 4 is 29.1 Å². The highest BCUT2D eigenvalue weighted by atomic mass is 35.5. The zero-order valence-electron chi connectivity index (χ0n) is 11.5. The summed E-state index contributed by atoms with van der Waals surface area (Å²) in [6, 6.07) is 13.3. The Morgan fingerprint density at radius 1 is 1.05 bits per heavy atom. The molecule has 22 heavy (non-hydrogen) atoms. The van der Waals surface area contributed by atoms with Gasteiger partial charge in [0, 0.05) is 16.5 Å². The highest BCUT2D eigenvalue weighted by Crippen LogP contribution is 2.16. The highest BCUT2D eigenvalue weighted by molar-refractivity contribution is 6.00. The molecule has 0 aliphatic rings. The molecule has 0 unspecified atom stereocenters. The Hall–Kier alpha value is -2.40. The van der Waals surface area contributed by atoms with Crippen molar-refractivity contribution in [2.45, 2.75) is 6.54 Å². The minimum absolute atomic E-state index is 0. The normalized spacial score (nSPS) is 11.5. The summed E-state index contributed by atoms with van der Waals surface area (Å²) < 4.78 is 27.0. The Bertz CT molecular complexity index is 774. The van der Waals surface area contributed by atoms with Crippen LogP contribution >= 0.6 is 12.4 Å². The summed E-state index contributed by atoms with van der Waals surface area (Å²) in [6.07, 6.45) is 0. The van der Waals surface area contributed by atoms with Gasteiger partial charge in [-0.2, -0.15) is 0 Å². The summed E-state index contributed by atoms with van der Waals surface area (Å²) in [6.45, 7) is -0.139. The third-order valence-corrected chi connectivity index (χ3v) is 3.28. The lowest BCUT2D eigenvalue weighted by molar-refractivity contribution is 0.557. The summed E-state index contributed by atoms with van der Waals surface area (Å²) in [5.41, 5.74) is 7.36. The van der Waals surface area contributed by atoms with Gasteiger partial charge in [0.2, 0.25) is 0 Å². The molecule has 0 bridgehead atoms. The molecule has 0 aliphatic carbocycles. The Kier molecular flexibility index (Phi) is 4.78. The van der Waals surface area contributed by atoms with E-state index in [-0.39, 0.29) is 30.4 Å². The molecule has 6 heteroatoms. The van der Waals surface area contributed by atoms with Crippen molar-refractivity contribution in [3.63, 3.8) is 0 Å². The van der Waals surface area contributed by atoms with Crippen LogP contribution in [0.2, 0.25) is 0 Å². The third kappa shape index (κ3) is 3.09. The van der Waals surface area contributed by atoms with Gasteiger partial charge >= 0.3 is 0 Å². The monoisotopic (exact) mass is 321 g/mol. The lowest BCUT2D eigenvalue weighted by Gasteiger charge is -2.02. The van der Waals surface area contributed by atoms with E-state index in [4.69, 9.17) is 5.73 Å². The van der Waals surface area contributed by atoms with E-state index >= 15 is 0 Å². The van der Waals surface area contributed by atoms with Gasteiger partial charge in [0.25, 0.3) is 0 Å². The zero-order chi connectivity index (χ0) is 14.8. The average molecular weight is 322 g/mol. The van der Waals surface area contributed by atoms with E-state index in [1.54, 1.807) is 0 Å². The Morgan fingerprint density at radius 3 is 2.41 bits per heavy atom. The van der Waals surface area contributed by atoms with Gasteiger partial charge in [0.15, 0.2) is 0 Å². The molecule has 0 amide bonds. The van der Waals surface area contributed by atoms with Gasteiger partial charge < -0.3 is 10.7 Å². The van der Waals surface area contributed by atoms with Crippen molar-refractivity contribution in [3.05, 3.63) is 71.4 Å². The first-order valence-corrected chi connectivity index (χ1v) is 6.46. The van der Waals surface area contributed by atoms with Crippen LogP contribution in [0.1, 0.15) is 11.3 Å². The molecule has 3 N–H and O–H groups in total. The first-order valence-electron chi connectivity index (χ1n) is 6.46. The Labute approximate surface area is 132 Å². The number of nitrogens with zero attached hydrogens (tertiary/aromatic N) is 1. The molecule has 1 heterocycles. The number of H-pyrrole nitrogens is 1. The number of aromatic nitrogens is 1. The smallest absolute Gasteiger partial charge is 0.142 e. The standard InChI is InChI=1S/C16H13F2N3.ClH/c17-12-5-3-6-13(18)11(12)9-20-16(19)15-8-10-4-1-2-7-14(10)21-15;/h1-8,21H,9H2,(H2,19,20);1H. The molecule has 0 fully saturated rings. The second kappa shape index (κ2) is 6.58. The number of halogens is 3. The zero-order valence-corrected chi connectivity index (χ0v) is 12.3. The first kappa shape index (κ1) is 16.0. The summed E-state index contributed by atoms with van der Waals surface area (Å²) >= 11 is 0. The maximum Gasteiger partial charge on any atom is 0.142 e. The van der Waals surface area contributed by atoms with Gasteiger partial charge in [-0.15, -0.1) is 12.4 Å². The van der Waals surface area contributed by atoms with E-state index in [0.717, 1.165) is 10.9 Å². The largest absolute Gasteiger partial charge is 0.382 e. The molecular formula is C16H14ClF2N3. The number of fused-ring (bicyclic) bond motifs is 1. The molecule has 0 spiro atoms. The lowest BCUT2D eigenvalue weighted by atomic mass is 10.2. The highest BCUT2D eigenvalue weighted by Gasteiger charge is 2.09. The van der Waals surface area contributed by atoms with Crippen LogP contribution in [0.3, 0.4) is 0 Å². The Balaban J connectivity index is 0.00000176. The molecule has 1 aromatic heterocycles. The summed E-state index contributed by atoms with van der Waals surface area (Å²) in [4.78, 5) is 7.18. The van der Waals surface area contributed by atoms with Gasteiger partial charge in [-0.25, -0.2) is 8.78 Å². The van der Waals surface area contributed by atoms with Crippen molar-refractivity contribution in [2.24, 2.45) is 10.7 Å². The van der Waals surface area contributed by atoms with Crippen LogP contribution in [0.4, 0.5) is 8.78 Å². The molecule has 0 aliphatic heterocycles. The maximum absolute atomic E-state index is 13.5.